The Balaban J connectivity index is 1.98. The van der Waals surface area contributed by atoms with E-state index in [-0.39, 0.29) is 4.90 Å². The number of nitrogens with zero attached hydrogens (tertiary/aromatic N) is 1. The normalized spacial score (nSPS) is 17.2. The summed E-state index contributed by atoms with van der Waals surface area (Å²) < 4.78 is 49.0. The zero-order valence-corrected chi connectivity index (χ0v) is 17.6. The Morgan fingerprint density at radius 1 is 1.00 bits per heavy atom. The summed E-state index contributed by atoms with van der Waals surface area (Å²) in [6, 6.07) is 15.6. The number of benzene rings is 2. The molecule has 0 saturated carbocycles. The van der Waals surface area contributed by atoms with Crippen LogP contribution in [0.3, 0.4) is 0 Å². The number of aryl methyl sites for hydroxylation is 1. The maximum atomic E-state index is 12.8. The van der Waals surface area contributed by atoms with Crippen molar-refractivity contribution >= 4 is 40.4 Å². The summed E-state index contributed by atoms with van der Waals surface area (Å²) in [6.45, 7) is 1.89. The topological polar surface area (TPSA) is 72.8 Å². The molecule has 0 N–H and O–H groups in total. The zero-order chi connectivity index (χ0) is 17.9. The summed E-state index contributed by atoms with van der Waals surface area (Å²) in [5.74, 6) is 1.06. The fraction of sp³-hybridized carbons (Fsp3) is 0.294. The van der Waals surface area contributed by atoms with Crippen molar-refractivity contribution in [1.82, 2.24) is 0 Å². The Bertz CT molecular complexity index is 938. The van der Waals surface area contributed by atoms with Crippen LogP contribution in [0.1, 0.15) is 18.4 Å². The molecule has 136 valence electrons. The molecule has 8 heteroatoms. The molecule has 0 aliphatic carbocycles. The van der Waals surface area contributed by atoms with Gasteiger partial charge in [-0.1, -0.05) is 0 Å². The van der Waals surface area contributed by atoms with Crippen LogP contribution in [0.2, 0.25) is 0 Å². The first kappa shape index (κ1) is 18.8. The number of rotatable bonds is 5. The molecule has 0 aromatic heterocycles. The molecule has 2 aromatic carbocycles. The Morgan fingerprint density at radius 3 is 2.20 bits per heavy atom. The van der Waals surface area contributed by atoms with Crippen LogP contribution in [0, 0.1) is 10.5 Å². The number of halogens is 1. The SMILES string of the molecule is Cc1ccc(S(=O)(=O)OI(N=S2(=O)CCCC2)c2ccccc2)cc1. The van der Waals surface area contributed by atoms with Crippen LogP contribution in [0.25, 0.3) is 0 Å². The van der Waals surface area contributed by atoms with Crippen molar-refractivity contribution in [2.45, 2.75) is 24.7 Å². The molecule has 1 heterocycles. The second kappa shape index (κ2) is 7.73. The van der Waals surface area contributed by atoms with E-state index in [2.05, 4.69) is 2.58 Å². The third kappa shape index (κ3) is 4.81. The van der Waals surface area contributed by atoms with Gasteiger partial charge in [-0.3, -0.25) is 0 Å². The van der Waals surface area contributed by atoms with Gasteiger partial charge in [0.05, 0.1) is 0 Å². The van der Waals surface area contributed by atoms with Gasteiger partial charge in [0.2, 0.25) is 0 Å². The Labute approximate surface area is 157 Å². The fourth-order valence-corrected chi connectivity index (χ4v) is 13.2. The molecule has 1 saturated heterocycles. The van der Waals surface area contributed by atoms with E-state index in [1.807, 2.05) is 25.1 Å². The van der Waals surface area contributed by atoms with Gasteiger partial charge in [0, 0.05) is 0 Å². The van der Waals surface area contributed by atoms with Crippen molar-refractivity contribution in [1.29, 1.82) is 0 Å². The van der Waals surface area contributed by atoms with E-state index in [1.165, 1.54) is 12.1 Å². The van der Waals surface area contributed by atoms with Crippen LogP contribution in [-0.2, 0) is 22.4 Å². The van der Waals surface area contributed by atoms with Crippen LogP contribution in [0.15, 0.2) is 62.1 Å². The van der Waals surface area contributed by atoms with Crippen LogP contribution in [0.5, 0.6) is 0 Å². The first-order chi connectivity index (χ1) is 11.9. The minimum atomic E-state index is -3.94. The average molecular weight is 493 g/mol. The average Bonchev–Trinajstić information content (AvgIpc) is 3.01. The molecular formula is C17H20INO4S2. The van der Waals surface area contributed by atoms with Crippen molar-refractivity contribution in [2.24, 2.45) is 2.58 Å². The van der Waals surface area contributed by atoms with Crippen molar-refractivity contribution < 1.29 is 15.1 Å². The molecular weight excluding hydrogens is 473 g/mol. The molecule has 0 bridgehead atoms. The summed E-state index contributed by atoms with van der Waals surface area (Å²) in [6.07, 6.45) is 1.73. The molecule has 0 atom stereocenters. The van der Waals surface area contributed by atoms with Crippen LogP contribution < -0.4 is 0 Å². The molecule has 0 spiro atoms. The van der Waals surface area contributed by atoms with E-state index in [1.54, 1.807) is 24.3 Å². The van der Waals surface area contributed by atoms with Gasteiger partial charge in [0.1, 0.15) is 0 Å². The molecule has 0 amide bonds. The molecule has 0 unspecified atom stereocenters. The van der Waals surface area contributed by atoms with Gasteiger partial charge in [0.15, 0.2) is 0 Å². The van der Waals surface area contributed by atoms with E-state index in [0.717, 1.165) is 22.0 Å². The van der Waals surface area contributed by atoms with Gasteiger partial charge in [-0.05, 0) is 0 Å². The van der Waals surface area contributed by atoms with E-state index in [4.69, 9.17) is 2.51 Å². The van der Waals surface area contributed by atoms with Crippen LogP contribution >= 0.6 is 20.5 Å². The van der Waals surface area contributed by atoms with Gasteiger partial charge >= 0.3 is 158 Å². The third-order valence-corrected chi connectivity index (χ3v) is 14.6. The van der Waals surface area contributed by atoms with E-state index < -0.39 is 40.4 Å². The number of hydrogen-bond donors (Lipinski definition) is 0. The fourth-order valence-electron chi connectivity index (χ4n) is 2.37. The van der Waals surface area contributed by atoms with Crippen molar-refractivity contribution in [3.63, 3.8) is 0 Å². The van der Waals surface area contributed by atoms with Crippen molar-refractivity contribution in [3.8, 4) is 0 Å². The predicted octanol–water partition coefficient (Wildman–Crippen LogP) is 4.17. The Hall–Kier alpha value is -0.970. The third-order valence-electron chi connectivity index (χ3n) is 3.74. The second-order valence-electron chi connectivity index (χ2n) is 5.81. The maximum absolute atomic E-state index is 12.8. The summed E-state index contributed by atoms with van der Waals surface area (Å²) in [7, 11) is -6.30. The first-order valence-electron chi connectivity index (χ1n) is 7.88. The van der Waals surface area contributed by atoms with Crippen LogP contribution in [0.4, 0.5) is 0 Å². The van der Waals surface area contributed by atoms with Gasteiger partial charge in [-0.2, -0.15) is 0 Å². The van der Waals surface area contributed by atoms with Gasteiger partial charge in [0.25, 0.3) is 0 Å². The Morgan fingerprint density at radius 2 is 1.60 bits per heavy atom. The molecule has 1 aliphatic heterocycles. The summed E-state index contributed by atoms with van der Waals surface area (Å²) in [4.78, 5) is 0.105. The van der Waals surface area contributed by atoms with Crippen LogP contribution in [-0.4, -0.2) is 24.1 Å². The van der Waals surface area contributed by atoms with Gasteiger partial charge in [-0.25, -0.2) is 0 Å². The quantitative estimate of drug-likeness (QED) is 0.587. The summed E-state index contributed by atoms with van der Waals surface area (Å²) in [5.41, 5.74) is 0.968. The standard InChI is InChI=1S/C17H20INO4S2/c1-15-9-11-17(12-10-15)25(21,22)23-18(16-7-3-2-4-8-16)19-24(20)13-5-6-14-24/h2-4,7-12H,5-6,13-14H2,1H3. The van der Waals surface area contributed by atoms with Crippen molar-refractivity contribution in [3.05, 3.63) is 63.7 Å². The monoisotopic (exact) mass is 493 g/mol. The predicted molar refractivity (Wildman–Crippen MR) is 108 cm³/mol. The molecule has 2 aromatic rings. The summed E-state index contributed by atoms with van der Waals surface area (Å²) in [5, 5.41) is 0. The second-order valence-corrected chi connectivity index (χ2v) is 14.6. The molecule has 25 heavy (non-hydrogen) atoms. The van der Waals surface area contributed by atoms with Crippen molar-refractivity contribution in [2.75, 3.05) is 11.5 Å². The minimum absolute atomic E-state index is 0.105. The zero-order valence-electron chi connectivity index (χ0n) is 13.8. The first-order valence-corrected chi connectivity index (χ1v) is 14.1. The summed E-state index contributed by atoms with van der Waals surface area (Å²) >= 11 is -2.97. The van der Waals surface area contributed by atoms with E-state index >= 15 is 0 Å². The van der Waals surface area contributed by atoms with E-state index in [9.17, 15) is 12.6 Å². The molecule has 1 fully saturated rings. The van der Waals surface area contributed by atoms with Gasteiger partial charge in [-0.15, -0.1) is 0 Å². The molecule has 1 aliphatic rings. The van der Waals surface area contributed by atoms with Gasteiger partial charge < -0.3 is 0 Å². The molecule has 0 radical (unpaired) electrons. The number of hydrogen-bond acceptors (Lipinski definition) is 5. The van der Waals surface area contributed by atoms with E-state index in [0.29, 0.717) is 11.5 Å². The molecule has 3 rings (SSSR count). The Kier molecular flexibility index (Phi) is 5.81. The molecule has 5 nitrogen and oxygen atoms in total.